The summed E-state index contributed by atoms with van der Waals surface area (Å²) in [5.74, 6) is -0.766. The fourth-order valence-corrected chi connectivity index (χ4v) is 2.14. The highest BCUT2D eigenvalue weighted by Crippen LogP contribution is 2.29. The summed E-state index contributed by atoms with van der Waals surface area (Å²) in [4.78, 5) is 11.4. The molecule has 3 nitrogen and oxygen atoms in total. The van der Waals surface area contributed by atoms with E-state index in [1.807, 2.05) is 37.3 Å². The van der Waals surface area contributed by atoms with Crippen molar-refractivity contribution in [1.29, 1.82) is 0 Å². The number of rotatable bonds is 7. The molecule has 0 aliphatic rings. The maximum Gasteiger partial charge on any atom is 0.310 e. The molecule has 0 aliphatic heterocycles. The van der Waals surface area contributed by atoms with E-state index in [2.05, 4.69) is 0 Å². The molecule has 0 aromatic heterocycles. The average molecular weight is 235 g/mol. The molecule has 0 bridgehead atoms. The fraction of sp³-hybridized carbons (Fsp3) is 0.500. The molecule has 0 aliphatic carbocycles. The van der Waals surface area contributed by atoms with Crippen molar-refractivity contribution in [2.45, 2.75) is 32.6 Å². The summed E-state index contributed by atoms with van der Waals surface area (Å²) >= 11 is 0. The largest absolute Gasteiger partial charge is 0.481 e. The van der Waals surface area contributed by atoms with E-state index < -0.39 is 11.4 Å². The highest BCUT2D eigenvalue weighted by molar-refractivity contribution is 5.75. The van der Waals surface area contributed by atoms with Crippen molar-refractivity contribution < 1.29 is 9.90 Å². The van der Waals surface area contributed by atoms with Crippen LogP contribution in [0, 0.1) is 5.41 Å². The summed E-state index contributed by atoms with van der Waals surface area (Å²) < 4.78 is 0. The van der Waals surface area contributed by atoms with Crippen LogP contribution >= 0.6 is 0 Å². The first kappa shape index (κ1) is 13.7. The molecule has 0 saturated carbocycles. The molecule has 0 fully saturated rings. The Morgan fingerprint density at radius 3 is 2.41 bits per heavy atom. The van der Waals surface area contributed by atoms with E-state index >= 15 is 0 Å². The summed E-state index contributed by atoms with van der Waals surface area (Å²) in [6.45, 7) is 2.21. The van der Waals surface area contributed by atoms with Gasteiger partial charge in [0.2, 0.25) is 0 Å². The monoisotopic (exact) mass is 235 g/mol. The van der Waals surface area contributed by atoms with Gasteiger partial charge >= 0.3 is 5.97 Å². The zero-order chi connectivity index (χ0) is 12.7. The van der Waals surface area contributed by atoms with Crippen LogP contribution in [0.5, 0.6) is 0 Å². The van der Waals surface area contributed by atoms with Gasteiger partial charge in [0.05, 0.1) is 5.41 Å². The topological polar surface area (TPSA) is 63.3 Å². The molecule has 3 heteroatoms. The summed E-state index contributed by atoms with van der Waals surface area (Å²) in [7, 11) is 0. The van der Waals surface area contributed by atoms with Gasteiger partial charge in [0.25, 0.3) is 0 Å². The van der Waals surface area contributed by atoms with Gasteiger partial charge in [0.1, 0.15) is 0 Å². The minimum Gasteiger partial charge on any atom is -0.481 e. The Morgan fingerprint density at radius 1 is 1.29 bits per heavy atom. The molecular weight excluding hydrogens is 214 g/mol. The maximum absolute atomic E-state index is 11.4. The summed E-state index contributed by atoms with van der Waals surface area (Å²) in [5, 5.41) is 9.35. The van der Waals surface area contributed by atoms with Crippen LogP contribution in [-0.2, 0) is 11.2 Å². The quantitative estimate of drug-likeness (QED) is 0.763. The lowest BCUT2D eigenvalue weighted by Crippen LogP contribution is -2.39. The third-order valence-corrected chi connectivity index (χ3v) is 3.31. The first-order valence-corrected chi connectivity index (χ1v) is 6.12. The maximum atomic E-state index is 11.4. The molecule has 1 aromatic rings. The van der Waals surface area contributed by atoms with Gasteiger partial charge in [0.15, 0.2) is 0 Å². The van der Waals surface area contributed by atoms with Crippen molar-refractivity contribution in [2.24, 2.45) is 11.1 Å². The van der Waals surface area contributed by atoms with Crippen LogP contribution in [0.2, 0.25) is 0 Å². The molecule has 0 amide bonds. The lowest BCUT2D eigenvalue weighted by molar-refractivity contribution is -0.149. The molecule has 3 N–H and O–H groups in total. The Balaban J connectivity index is 2.70. The van der Waals surface area contributed by atoms with Gasteiger partial charge in [-0.25, -0.2) is 0 Å². The molecule has 94 valence electrons. The number of carbonyl (C=O) groups is 1. The van der Waals surface area contributed by atoms with Gasteiger partial charge < -0.3 is 10.8 Å². The first-order chi connectivity index (χ1) is 8.14. The number of hydrogen-bond acceptors (Lipinski definition) is 2. The van der Waals surface area contributed by atoms with Crippen LogP contribution in [0.25, 0.3) is 0 Å². The molecular formula is C14H21NO2. The van der Waals surface area contributed by atoms with Gasteiger partial charge in [-0.3, -0.25) is 4.79 Å². The Labute approximate surface area is 103 Å². The second-order valence-corrected chi connectivity index (χ2v) is 4.53. The SMILES string of the molecule is CCCC(CN)(CCc1ccccc1)C(=O)O. The van der Waals surface area contributed by atoms with Gasteiger partial charge in [0, 0.05) is 6.54 Å². The van der Waals surface area contributed by atoms with E-state index in [-0.39, 0.29) is 6.54 Å². The van der Waals surface area contributed by atoms with Crippen molar-refractivity contribution in [3.8, 4) is 0 Å². The molecule has 0 radical (unpaired) electrons. The van der Waals surface area contributed by atoms with Crippen LogP contribution < -0.4 is 5.73 Å². The molecule has 0 spiro atoms. The van der Waals surface area contributed by atoms with E-state index in [1.165, 1.54) is 5.56 Å². The van der Waals surface area contributed by atoms with Gasteiger partial charge in [-0.2, -0.15) is 0 Å². The number of aryl methyl sites for hydroxylation is 1. The highest BCUT2D eigenvalue weighted by atomic mass is 16.4. The van der Waals surface area contributed by atoms with Crippen molar-refractivity contribution >= 4 is 5.97 Å². The fourth-order valence-electron chi connectivity index (χ4n) is 2.14. The summed E-state index contributed by atoms with van der Waals surface area (Å²) in [5.41, 5.74) is 6.09. The number of benzene rings is 1. The van der Waals surface area contributed by atoms with E-state index in [9.17, 15) is 9.90 Å². The lowest BCUT2D eigenvalue weighted by atomic mass is 9.78. The van der Waals surface area contributed by atoms with E-state index in [0.717, 1.165) is 12.8 Å². The molecule has 0 saturated heterocycles. The zero-order valence-corrected chi connectivity index (χ0v) is 10.4. The van der Waals surface area contributed by atoms with Crippen LogP contribution in [0.1, 0.15) is 31.7 Å². The van der Waals surface area contributed by atoms with Gasteiger partial charge in [-0.05, 0) is 24.8 Å². The van der Waals surface area contributed by atoms with Gasteiger partial charge in [-0.15, -0.1) is 0 Å². The number of carboxylic acid groups (broad SMARTS) is 1. The van der Waals surface area contributed by atoms with E-state index in [1.54, 1.807) is 0 Å². The minimum absolute atomic E-state index is 0.211. The first-order valence-electron chi connectivity index (χ1n) is 6.12. The number of nitrogens with two attached hydrogens (primary N) is 1. The predicted octanol–water partition coefficient (Wildman–Crippen LogP) is 2.45. The third kappa shape index (κ3) is 3.56. The van der Waals surface area contributed by atoms with Crippen molar-refractivity contribution in [1.82, 2.24) is 0 Å². The van der Waals surface area contributed by atoms with Crippen LogP contribution in [0.15, 0.2) is 30.3 Å². The van der Waals surface area contributed by atoms with Crippen molar-refractivity contribution in [3.63, 3.8) is 0 Å². The van der Waals surface area contributed by atoms with Crippen LogP contribution in [-0.4, -0.2) is 17.6 Å². The summed E-state index contributed by atoms with van der Waals surface area (Å²) in [6, 6.07) is 9.95. The molecule has 17 heavy (non-hydrogen) atoms. The third-order valence-electron chi connectivity index (χ3n) is 3.31. The molecule has 1 rings (SSSR count). The molecule has 1 unspecified atom stereocenters. The highest BCUT2D eigenvalue weighted by Gasteiger charge is 2.35. The second-order valence-electron chi connectivity index (χ2n) is 4.53. The zero-order valence-electron chi connectivity index (χ0n) is 10.4. The molecule has 0 heterocycles. The lowest BCUT2D eigenvalue weighted by Gasteiger charge is -2.27. The Bertz CT molecular complexity index is 350. The van der Waals surface area contributed by atoms with Gasteiger partial charge in [-0.1, -0.05) is 43.7 Å². The number of carboxylic acids is 1. The van der Waals surface area contributed by atoms with E-state index in [0.29, 0.717) is 12.8 Å². The predicted molar refractivity (Wildman–Crippen MR) is 68.8 cm³/mol. The molecule has 1 atom stereocenters. The molecule has 1 aromatic carbocycles. The standard InChI is InChI=1S/C14H21NO2/c1-2-9-14(11-15,13(16)17)10-8-12-6-4-3-5-7-12/h3-7H,2,8-11,15H2,1H3,(H,16,17). The second kappa shape index (κ2) is 6.40. The number of hydrogen-bond donors (Lipinski definition) is 2. The van der Waals surface area contributed by atoms with E-state index in [4.69, 9.17) is 5.73 Å². The normalized spacial score (nSPS) is 14.2. The van der Waals surface area contributed by atoms with Crippen molar-refractivity contribution in [3.05, 3.63) is 35.9 Å². The Kier molecular flexibility index (Phi) is 5.16. The average Bonchev–Trinajstić information content (AvgIpc) is 2.35. The Hall–Kier alpha value is -1.35. The van der Waals surface area contributed by atoms with Crippen LogP contribution in [0.3, 0.4) is 0 Å². The Morgan fingerprint density at radius 2 is 1.94 bits per heavy atom. The summed E-state index contributed by atoms with van der Waals surface area (Å²) in [6.07, 6.45) is 2.87. The number of aliphatic carboxylic acids is 1. The van der Waals surface area contributed by atoms with Crippen LogP contribution in [0.4, 0.5) is 0 Å². The van der Waals surface area contributed by atoms with Crippen molar-refractivity contribution in [2.75, 3.05) is 6.54 Å². The smallest absolute Gasteiger partial charge is 0.310 e. The minimum atomic E-state index is -0.766.